The number of ether oxygens (including phenoxy) is 1. The van der Waals surface area contributed by atoms with E-state index in [-0.39, 0.29) is 52.8 Å². The summed E-state index contributed by atoms with van der Waals surface area (Å²) in [4.78, 5) is 37.3. The van der Waals surface area contributed by atoms with Gasteiger partial charge in [-0.05, 0) is 73.9 Å². The molecule has 2 aliphatic heterocycles. The predicted octanol–water partition coefficient (Wildman–Crippen LogP) is 6.27. The van der Waals surface area contributed by atoms with E-state index in [4.69, 9.17) is 9.72 Å². The van der Waals surface area contributed by atoms with Gasteiger partial charge in [-0.25, -0.2) is 23.1 Å². The number of carbonyl (C=O) groups is 1. The summed E-state index contributed by atoms with van der Waals surface area (Å²) < 4.78 is 38.5. The molecule has 276 valence electrons. The van der Waals surface area contributed by atoms with E-state index in [1.807, 2.05) is 49.8 Å². The molecule has 0 saturated carbocycles. The van der Waals surface area contributed by atoms with Gasteiger partial charge in [0.2, 0.25) is 11.8 Å². The molecule has 1 saturated heterocycles. The van der Waals surface area contributed by atoms with Crippen molar-refractivity contribution in [2.45, 2.75) is 77.4 Å². The first kappa shape index (κ1) is 36.0. The van der Waals surface area contributed by atoms with Crippen LogP contribution in [0.4, 0.5) is 11.8 Å². The Bertz CT molecular complexity index is 2250. The summed E-state index contributed by atoms with van der Waals surface area (Å²) in [6.07, 6.45) is 7.78. The minimum atomic E-state index is -4.20. The van der Waals surface area contributed by atoms with Crippen LogP contribution in [0.15, 0.2) is 78.1 Å². The molecule has 1 unspecified atom stereocenters. The molecule has 1 amide bonds. The normalized spacial score (nSPS) is 18.8. The minimum absolute atomic E-state index is 0.0832. The number of nitrogens with one attached hydrogen (secondary N) is 1. The van der Waals surface area contributed by atoms with Crippen molar-refractivity contribution in [2.75, 3.05) is 22.8 Å². The Labute approximate surface area is 310 Å². The van der Waals surface area contributed by atoms with Crippen LogP contribution in [0.25, 0.3) is 11.3 Å². The molecule has 0 spiro atoms. The van der Waals surface area contributed by atoms with Crippen LogP contribution in [0.2, 0.25) is 0 Å². The lowest BCUT2D eigenvalue weighted by Gasteiger charge is -2.35. The number of hydrogen-bond donors (Lipinski definition) is 1. The summed E-state index contributed by atoms with van der Waals surface area (Å²) in [7, 11) is -2.25. The minimum Gasteiger partial charge on any atom is -0.475 e. The molecule has 1 fully saturated rings. The maximum absolute atomic E-state index is 14.7. The number of aryl methyl sites for hydroxylation is 3. The highest BCUT2D eigenvalue weighted by atomic mass is 32.2. The Kier molecular flexibility index (Phi) is 9.66. The molecule has 0 aliphatic carbocycles. The zero-order valence-electron chi connectivity index (χ0n) is 30.9. The predicted molar refractivity (Wildman–Crippen MR) is 202 cm³/mol. The fourth-order valence-corrected chi connectivity index (χ4v) is 8.38. The van der Waals surface area contributed by atoms with Gasteiger partial charge in [-0.3, -0.25) is 14.5 Å². The van der Waals surface area contributed by atoms with Crippen molar-refractivity contribution in [3.8, 4) is 17.1 Å². The SMILES string of the molecule is Cc1cccc(C)c1-c1cc2nc(n1)NS(=O)(=O)c1cccc(c1)C(=O)N(Cc1cncc(N3CCCC3c3ccnn3C)n1)[C@H](CC(C)(C)C)CO2. The van der Waals surface area contributed by atoms with Crippen molar-refractivity contribution in [3.63, 3.8) is 0 Å². The molecule has 13 nitrogen and oxygen atoms in total. The molecule has 2 aliphatic rings. The van der Waals surface area contributed by atoms with Crippen LogP contribution < -0.4 is 14.4 Å². The van der Waals surface area contributed by atoms with Crippen LogP contribution in [0.1, 0.15) is 78.9 Å². The summed E-state index contributed by atoms with van der Waals surface area (Å²) in [6, 6.07) is 15.4. The van der Waals surface area contributed by atoms with E-state index in [1.165, 1.54) is 12.1 Å². The van der Waals surface area contributed by atoms with E-state index in [2.05, 4.69) is 50.4 Å². The first-order valence-electron chi connectivity index (χ1n) is 17.8. The van der Waals surface area contributed by atoms with Gasteiger partial charge in [-0.2, -0.15) is 10.1 Å². The summed E-state index contributed by atoms with van der Waals surface area (Å²) in [5.74, 6) is 0.428. The molecule has 2 aromatic carbocycles. The monoisotopic (exact) mass is 735 g/mol. The zero-order valence-corrected chi connectivity index (χ0v) is 31.8. The summed E-state index contributed by atoms with van der Waals surface area (Å²) in [6.45, 7) is 11.3. The second-order valence-corrected chi connectivity index (χ2v) is 16.8. The number of hydrogen-bond acceptors (Lipinski definition) is 10. The molecular weight excluding hydrogens is 691 g/mol. The van der Waals surface area contributed by atoms with Crippen LogP contribution in [0.5, 0.6) is 5.88 Å². The van der Waals surface area contributed by atoms with Gasteiger partial charge in [0, 0.05) is 37.0 Å². The average molecular weight is 736 g/mol. The largest absolute Gasteiger partial charge is 0.475 e. The molecule has 4 bridgehead atoms. The van der Waals surface area contributed by atoms with Crippen molar-refractivity contribution in [3.05, 3.63) is 101 Å². The van der Waals surface area contributed by atoms with Gasteiger partial charge in [-0.1, -0.05) is 45.0 Å². The van der Waals surface area contributed by atoms with Crippen LogP contribution in [0, 0.1) is 19.3 Å². The maximum atomic E-state index is 14.7. The Hall–Kier alpha value is -5.37. The number of amides is 1. The molecule has 7 rings (SSSR count). The first-order chi connectivity index (χ1) is 25.3. The highest BCUT2D eigenvalue weighted by molar-refractivity contribution is 7.92. The van der Waals surface area contributed by atoms with E-state index in [9.17, 15) is 13.2 Å². The fraction of sp³-hybridized carbons (Fsp3) is 0.385. The molecule has 5 heterocycles. The van der Waals surface area contributed by atoms with Gasteiger partial charge in [-0.15, -0.1) is 0 Å². The van der Waals surface area contributed by atoms with Crippen LogP contribution >= 0.6 is 0 Å². The van der Waals surface area contributed by atoms with Gasteiger partial charge in [0.05, 0.1) is 53.0 Å². The molecule has 2 atom stereocenters. The third kappa shape index (κ3) is 7.73. The molecule has 3 aromatic heterocycles. The van der Waals surface area contributed by atoms with Gasteiger partial charge < -0.3 is 14.5 Å². The second-order valence-electron chi connectivity index (χ2n) is 15.1. The Morgan fingerprint density at radius 1 is 0.981 bits per heavy atom. The Morgan fingerprint density at radius 2 is 1.75 bits per heavy atom. The molecule has 1 N–H and O–H groups in total. The number of benzene rings is 2. The number of fused-ring (bicyclic) bond motifs is 4. The number of rotatable bonds is 6. The maximum Gasteiger partial charge on any atom is 0.264 e. The van der Waals surface area contributed by atoms with Crippen LogP contribution in [-0.2, 0) is 23.6 Å². The van der Waals surface area contributed by atoms with Crippen molar-refractivity contribution in [1.29, 1.82) is 0 Å². The smallest absolute Gasteiger partial charge is 0.264 e. The average Bonchev–Trinajstić information content (AvgIpc) is 3.77. The number of anilines is 2. The number of nitrogens with zero attached hydrogens (tertiary/aromatic N) is 8. The lowest BCUT2D eigenvalue weighted by molar-refractivity contribution is 0.0509. The van der Waals surface area contributed by atoms with E-state index in [0.29, 0.717) is 17.8 Å². The quantitative estimate of drug-likeness (QED) is 0.212. The standard InChI is InChI=1S/C39H45N9O4S/c1-25-10-7-11-26(2)36(25)31-19-35-44-38(43-31)45-53(50,51)30-13-8-12-27(18-30)37(49)48(29(24-52-35)20-39(3,4)5)23-28-21-40-22-34(42-28)47-17-9-14-33(47)32-15-16-41-46(32)6/h7-8,10-13,15-16,18-19,21-22,29,33H,9,14,17,20,23-24H2,1-6H3,(H,43,44,45)/t29-,33?/m1/s1. The fourth-order valence-electron chi connectivity index (χ4n) is 7.39. The van der Waals surface area contributed by atoms with Gasteiger partial charge in [0.1, 0.15) is 12.4 Å². The molecular formula is C39H45N9O4S. The highest BCUT2D eigenvalue weighted by Crippen LogP contribution is 2.36. The van der Waals surface area contributed by atoms with Crippen molar-refractivity contribution >= 4 is 27.7 Å². The number of sulfonamides is 1. The first-order valence-corrected chi connectivity index (χ1v) is 19.3. The van der Waals surface area contributed by atoms with E-state index < -0.39 is 16.1 Å². The van der Waals surface area contributed by atoms with Gasteiger partial charge in [0.25, 0.3) is 15.9 Å². The number of aromatic nitrogens is 6. The Morgan fingerprint density at radius 3 is 2.49 bits per heavy atom. The van der Waals surface area contributed by atoms with E-state index in [0.717, 1.165) is 47.6 Å². The van der Waals surface area contributed by atoms with Gasteiger partial charge in [0.15, 0.2) is 0 Å². The van der Waals surface area contributed by atoms with Crippen LogP contribution in [-0.4, -0.2) is 68.1 Å². The topological polar surface area (TPSA) is 148 Å². The third-order valence-electron chi connectivity index (χ3n) is 9.78. The van der Waals surface area contributed by atoms with Crippen molar-refractivity contribution in [1.82, 2.24) is 34.6 Å². The summed E-state index contributed by atoms with van der Waals surface area (Å²) >= 11 is 0. The lowest BCUT2D eigenvalue weighted by atomic mass is 9.87. The second kappa shape index (κ2) is 14.2. The molecule has 5 aromatic rings. The van der Waals surface area contributed by atoms with Crippen molar-refractivity contribution < 1.29 is 17.9 Å². The van der Waals surface area contributed by atoms with Crippen LogP contribution in [0.3, 0.4) is 0 Å². The number of carbonyl (C=O) groups excluding carboxylic acids is 1. The molecule has 14 heteroatoms. The molecule has 0 radical (unpaired) electrons. The highest BCUT2D eigenvalue weighted by Gasteiger charge is 2.33. The van der Waals surface area contributed by atoms with E-state index in [1.54, 1.807) is 41.7 Å². The third-order valence-corrected chi connectivity index (χ3v) is 11.1. The van der Waals surface area contributed by atoms with Crippen molar-refractivity contribution in [2.24, 2.45) is 12.5 Å². The Balaban J connectivity index is 1.31. The summed E-state index contributed by atoms with van der Waals surface area (Å²) in [5, 5.41) is 4.38. The van der Waals surface area contributed by atoms with Gasteiger partial charge >= 0.3 is 0 Å². The molecule has 53 heavy (non-hydrogen) atoms. The zero-order chi connectivity index (χ0) is 37.5. The van der Waals surface area contributed by atoms with E-state index >= 15 is 0 Å². The lowest BCUT2D eigenvalue weighted by Crippen LogP contribution is -2.45. The summed E-state index contributed by atoms with van der Waals surface area (Å²) in [5.41, 5.74) is 5.02.